The molecule has 178 valence electrons. The summed E-state index contributed by atoms with van der Waals surface area (Å²) in [6, 6.07) is 27.4. The standard InChI is InChI=1S/C29H22ClN3O3/c30-23-14-10-21(11-15-23)19-33-25-6-1-2-7-26(25)36-27(29(33)35)17-20-8-12-22(13-9-20)28(34)32-18-24-5-3-4-16-31-24/h1-17H,18-19H2,(H,32,34)/b27-17-. The summed E-state index contributed by atoms with van der Waals surface area (Å²) in [6.07, 6.45) is 3.37. The van der Waals surface area contributed by atoms with Crippen molar-refractivity contribution in [1.82, 2.24) is 10.3 Å². The zero-order valence-electron chi connectivity index (χ0n) is 19.2. The van der Waals surface area contributed by atoms with Gasteiger partial charge < -0.3 is 10.1 Å². The van der Waals surface area contributed by atoms with Crippen LogP contribution in [0.3, 0.4) is 0 Å². The number of carbonyl (C=O) groups excluding carboxylic acids is 2. The number of hydrogen-bond donors (Lipinski definition) is 1. The fourth-order valence-electron chi connectivity index (χ4n) is 3.85. The van der Waals surface area contributed by atoms with Gasteiger partial charge >= 0.3 is 0 Å². The molecule has 0 fully saturated rings. The second-order valence-electron chi connectivity index (χ2n) is 8.22. The van der Waals surface area contributed by atoms with E-state index < -0.39 is 0 Å². The van der Waals surface area contributed by atoms with E-state index in [4.69, 9.17) is 16.3 Å². The average molecular weight is 496 g/mol. The third-order valence-electron chi connectivity index (χ3n) is 5.71. The molecular formula is C29H22ClN3O3. The van der Waals surface area contributed by atoms with Gasteiger partial charge in [0.05, 0.1) is 24.5 Å². The van der Waals surface area contributed by atoms with E-state index >= 15 is 0 Å². The van der Waals surface area contributed by atoms with Crippen molar-refractivity contribution in [3.63, 3.8) is 0 Å². The summed E-state index contributed by atoms with van der Waals surface area (Å²) in [7, 11) is 0. The molecule has 0 bridgehead atoms. The maximum Gasteiger partial charge on any atom is 0.294 e. The van der Waals surface area contributed by atoms with E-state index in [1.807, 2.05) is 54.6 Å². The Hall–Kier alpha value is -4.42. The van der Waals surface area contributed by atoms with Crippen molar-refractivity contribution >= 4 is 35.2 Å². The van der Waals surface area contributed by atoms with Crippen molar-refractivity contribution in [2.24, 2.45) is 0 Å². The van der Waals surface area contributed by atoms with Crippen LogP contribution in [0.2, 0.25) is 5.02 Å². The molecule has 0 radical (unpaired) electrons. The molecule has 4 aromatic rings. The van der Waals surface area contributed by atoms with Crippen LogP contribution in [-0.4, -0.2) is 16.8 Å². The molecule has 1 aliphatic rings. The molecule has 0 saturated carbocycles. The topological polar surface area (TPSA) is 71.5 Å². The molecule has 1 aromatic heterocycles. The summed E-state index contributed by atoms with van der Waals surface area (Å²) in [5.74, 6) is 0.353. The molecule has 6 nitrogen and oxygen atoms in total. The molecule has 0 saturated heterocycles. The van der Waals surface area contributed by atoms with E-state index in [0.29, 0.717) is 35.1 Å². The molecule has 0 atom stereocenters. The number of carbonyl (C=O) groups is 2. The maximum atomic E-state index is 13.4. The predicted octanol–water partition coefficient (Wildman–Crippen LogP) is 5.63. The molecular weight excluding hydrogens is 474 g/mol. The van der Waals surface area contributed by atoms with Gasteiger partial charge in [0.25, 0.3) is 11.8 Å². The molecule has 5 rings (SSSR count). The van der Waals surface area contributed by atoms with E-state index in [1.54, 1.807) is 53.6 Å². The van der Waals surface area contributed by atoms with Gasteiger partial charge in [-0.2, -0.15) is 0 Å². The van der Waals surface area contributed by atoms with Crippen LogP contribution in [0.15, 0.2) is 103 Å². The number of halogens is 1. The van der Waals surface area contributed by atoms with Gasteiger partial charge in [0.1, 0.15) is 0 Å². The number of fused-ring (bicyclic) bond motifs is 1. The summed E-state index contributed by atoms with van der Waals surface area (Å²) < 4.78 is 5.96. The van der Waals surface area contributed by atoms with Crippen LogP contribution in [0.4, 0.5) is 5.69 Å². The Morgan fingerprint density at radius 3 is 2.44 bits per heavy atom. The quantitative estimate of drug-likeness (QED) is 0.352. The van der Waals surface area contributed by atoms with Gasteiger partial charge in [0.15, 0.2) is 11.5 Å². The number of nitrogens with one attached hydrogen (secondary N) is 1. The third kappa shape index (κ3) is 5.29. The fraction of sp³-hybridized carbons (Fsp3) is 0.0690. The first kappa shape index (κ1) is 23.3. The van der Waals surface area contributed by atoms with Crippen LogP contribution in [-0.2, 0) is 17.9 Å². The number of amides is 2. The number of para-hydroxylation sites is 2. The van der Waals surface area contributed by atoms with Gasteiger partial charge in [-0.1, -0.05) is 54.1 Å². The molecule has 1 aliphatic heterocycles. The van der Waals surface area contributed by atoms with E-state index in [0.717, 1.165) is 16.8 Å². The molecule has 7 heteroatoms. The Morgan fingerprint density at radius 2 is 1.69 bits per heavy atom. The first-order chi connectivity index (χ1) is 17.6. The largest absolute Gasteiger partial charge is 0.449 e. The van der Waals surface area contributed by atoms with Crippen molar-refractivity contribution < 1.29 is 14.3 Å². The van der Waals surface area contributed by atoms with E-state index in [-0.39, 0.29) is 17.6 Å². The minimum atomic E-state index is -0.249. The molecule has 0 aliphatic carbocycles. The van der Waals surface area contributed by atoms with E-state index in [2.05, 4.69) is 10.3 Å². The second-order valence-corrected chi connectivity index (χ2v) is 8.66. The SMILES string of the molecule is O=C(NCc1ccccn1)c1ccc(/C=C2\Oc3ccccc3N(Cc3ccc(Cl)cc3)C2=O)cc1. The van der Waals surface area contributed by atoms with Crippen LogP contribution in [0.5, 0.6) is 5.75 Å². The molecule has 0 unspecified atom stereocenters. The Bertz CT molecular complexity index is 1420. The van der Waals surface area contributed by atoms with Crippen molar-refractivity contribution in [3.8, 4) is 5.75 Å². The highest BCUT2D eigenvalue weighted by Crippen LogP contribution is 2.36. The first-order valence-electron chi connectivity index (χ1n) is 11.4. The van der Waals surface area contributed by atoms with Gasteiger partial charge in [-0.05, 0) is 65.7 Å². The zero-order valence-corrected chi connectivity index (χ0v) is 20.0. The monoisotopic (exact) mass is 495 g/mol. The summed E-state index contributed by atoms with van der Waals surface area (Å²) in [4.78, 5) is 31.8. The Balaban J connectivity index is 1.34. The number of hydrogen-bond acceptors (Lipinski definition) is 4. The van der Waals surface area contributed by atoms with Crippen LogP contribution in [0, 0.1) is 0 Å². The first-order valence-corrected chi connectivity index (χ1v) is 11.8. The Morgan fingerprint density at radius 1 is 0.944 bits per heavy atom. The minimum absolute atomic E-state index is 0.201. The van der Waals surface area contributed by atoms with E-state index in [9.17, 15) is 9.59 Å². The van der Waals surface area contributed by atoms with Gasteiger partial charge in [0.2, 0.25) is 0 Å². The van der Waals surface area contributed by atoms with E-state index in [1.165, 1.54) is 0 Å². The third-order valence-corrected chi connectivity index (χ3v) is 5.96. The van der Waals surface area contributed by atoms with Crippen molar-refractivity contribution in [3.05, 3.63) is 130 Å². The maximum absolute atomic E-state index is 13.4. The van der Waals surface area contributed by atoms with Gasteiger partial charge in [-0.25, -0.2) is 0 Å². The Labute approximate surface area is 213 Å². The molecule has 3 aromatic carbocycles. The van der Waals surface area contributed by atoms with Crippen LogP contribution in [0.25, 0.3) is 6.08 Å². The van der Waals surface area contributed by atoms with Gasteiger partial charge in [-0.3, -0.25) is 19.5 Å². The van der Waals surface area contributed by atoms with Crippen molar-refractivity contribution in [2.45, 2.75) is 13.1 Å². The average Bonchev–Trinajstić information content (AvgIpc) is 2.92. The Kier molecular flexibility index (Phi) is 6.78. The zero-order chi connectivity index (χ0) is 24.9. The van der Waals surface area contributed by atoms with Crippen molar-refractivity contribution in [1.29, 1.82) is 0 Å². The minimum Gasteiger partial charge on any atom is -0.449 e. The number of nitrogens with zero attached hydrogens (tertiary/aromatic N) is 2. The van der Waals surface area contributed by atoms with Gasteiger partial charge in [-0.15, -0.1) is 0 Å². The summed E-state index contributed by atoms with van der Waals surface area (Å²) in [6.45, 7) is 0.722. The lowest BCUT2D eigenvalue weighted by molar-refractivity contribution is -0.117. The molecule has 36 heavy (non-hydrogen) atoms. The summed E-state index contributed by atoms with van der Waals surface area (Å²) >= 11 is 6.02. The lowest BCUT2D eigenvalue weighted by Crippen LogP contribution is -2.36. The number of aromatic nitrogens is 1. The summed E-state index contributed by atoms with van der Waals surface area (Å²) in [5, 5.41) is 3.50. The predicted molar refractivity (Wildman–Crippen MR) is 140 cm³/mol. The molecule has 2 amide bonds. The molecule has 1 N–H and O–H groups in total. The van der Waals surface area contributed by atoms with Crippen LogP contribution in [0.1, 0.15) is 27.2 Å². The van der Waals surface area contributed by atoms with Gasteiger partial charge in [0, 0.05) is 16.8 Å². The molecule has 0 spiro atoms. The number of ether oxygens (including phenoxy) is 1. The smallest absolute Gasteiger partial charge is 0.294 e. The highest BCUT2D eigenvalue weighted by Gasteiger charge is 2.30. The number of anilines is 1. The lowest BCUT2D eigenvalue weighted by atomic mass is 10.1. The number of benzene rings is 3. The normalized spacial score (nSPS) is 13.8. The highest BCUT2D eigenvalue weighted by atomic mass is 35.5. The summed E-state index contributed by atoms with van der Waals surface area (Å²) in [5.41, 5.74) is 3.69. The molecule has 2 heterocycles. The second kappa shape index (κ2) is 10.5. The fourth-order valence-corrected chi connectivity index (χ4v) is 3.98. The van der Waals surface area contributed by atoms with Crippen LogP contribution >= 0.6 is 11.6 Å². The lowest BCUT2D eigenvalue weighted by Gasteiger charge is -2.30. The number of pyridine rings is 1. The highest BCUT2D eigenvalue weighted by molar-refractivity contribution is 6.30. The van der Waals surface area contributed by atoms with Crippen molar-refractivity contribution in [2.75, 3.05) is 4.90 Å². The number of rotatable bonds is 6. The van der Waals surface area contributed by atoms with Crippen LogP contribution < -0.4 is 15.0 Å².